The average molecular weight is 422 g/mol. The number of rotatable bonds is 4. The Hall–Kier alpha value is -2.57. The molecule has 1 N–H and O–H groups in total. The van der Waals surface area contributed by atoms with Crippen LogP contribution >= 0.6 is 11.9 Å². The van der Waals surface area contributed by atoms with E-state index in [0.717, 1.165) is 36.3 Å². The third-order valence-corrected chi connectivity index (χ3v) is 6.70. The molecule has 3 aromatic rings. The van der Waals surface area contributed by atoms with Crippen LogP contribution in [-0.2, 0) is 0 Å². The van der Waals surface area contributed by atoms with E-state index in [4.69, 9.17) is 4.74 Å². The molecule has 2 aliphatic rings. The van der Waals surface area contributed by atoms with Crippen molar-refractivity contribution in [2.45, 2.75) is 24.2 Å². The van der Waals surface area contributed by atoms with Gasteiger partial charge in [-0.05, 0) is 54.1 Å². The molecule has 0 saturated carbocycles. The number of benzene rings is 2. The van der Waals surface area contributed by atoms with Crippen molar-refractivity contribution in [3.63, 3.8) is 0 Å². The highest BCUT2D eigenvalue weighted by molar-refractivity contribution is 7.97. The van der Waals surface area contributed by atoms with E-state index in [-0.39, 0.29) is 5.82 Å². The van der Waals surface area contributed by atoms with Gasteiger partial charge in [0.05, 0.1) is 6.54 Å². The van der Waals surface area contributed by atoms with Gasteiger partial charge in [0.25, 0.3) is 0 Å². The molecule has 0 unspecified atom stereocenters. The largest absolute Gasteiger partial charge is 0.488 e. The number of halogens is 1. The van der Waals surface area contributed by atoms with Gasteiger partial charge in [0.1, 0.15) is 12.4 Å². The van der Waals surface area contributed by atoms with E-state index in [1.54, 1.807) is 24.2 Å². The molecule has 3 heterocycles. The smallest absolute Gasteiger partial charge is 0.168 e. The molecule has 1 fully saturated rings. The van der Waals surface area contributed by atoms with Crippen molar-refractivity contribution in [2.24, 2.45) is 0 Å². The van der Waals surface area contributed by atoms with Crippen LogP contribution < -0.4 is 10.1 Å². The summed E-state index contributed by atoms with van der Waals surface area (Å²) in [7, 11) is 0. The van der Waals surface area contributed by atoms with Crippen molar-refractivity contribution in [1.82, 2.24) is 9.29 Å². The molecule has 0 aliphatic carbocycles. The molecule has 0 radical (unpaired) electrons. The fourth-order valence-corrected chi connectivity index (χ4v) is 5.10. The molecule has 2 aliphatic heterocycles. The van der Waals surface area contributed by atoms with Gasteiger partial charge in [0, 0.05) is 35.3 Å². The lowest BCUT2D eigenvalue weighted by atomic mass is 10.0. The lowest BCUT2D eigenvalue weighted by Crippen LogP contribution is -2.22. The lowest BCUT2D eigenvalue weighted by Gasteiger charge is -2.26. The molecule has 1 aromatic heterocycles. The first-order valence-electron chi connectivity index (χ1n) is 10.5. The molecule has 0 atom stereocenters. The Labute approximate surface area is 180 Å². The van der Waals surface area contributed by atoms with Crippen LogP contribution in [0.2, 0.25) is 0 Å². The summed E-state index contributed by atoms with van der Waals surface area (Å²) in [4.78, 5) is 5.55. The van der Waals surface area contributed by atoms with Gasteiger partial charge in [-0.25, -0.2) is 13.7 Å². The highest BCUT2D eigenvalue weighted by Gasteiger charge is 2.17. The molecule has 0 bridgehead atoms. The fourth-order valence-electron chi connectivity index (χ4n) is 3.96. The summed E-state index contributed by atoms with van der Waals surface area (Å²) < 4.78 is 23.2. The molecule has 2 aromatic carbocycles. The van der Waals surface area contributed by atoms with Gasteiger partial charge < -0.3 is 10.1 Å². The minimum atomic E-state index is -0.254. The van der Waals surface area contributed by atoms with E-state index in [2.05, 4.69) is 26.7 Å². The monoisotopic (exact) mass is 421 g/mol. The zero-order valence-electron chi connectivity index (χ0n) is 16.7. The number of nitrogens with one attached hydrogen (secondary N) is 1. The van der Waals surface area contributed by atoms with Crippen LogP contribution in [-0.4, -0.2) is 35.5 Å². The van der Waals surface area contributed by atoms with Crippen LogP contribution in [0.5, 0.6) is 5.75 Å². The third kappa shape index (κ3) is 4.02. The number of nitrogens with zero attached hydrogens (tertiary/aromatic N) is 2. The predicted molar refractivity (Wildman–Crippen MR) is 120 cm³/mol. The van der Waals surface area contributed by atoms with Crippen molar-refractivity contribution in [3.05, 3.63) is 60.5 Å². The Balaban J connectivity index is 1.44. The number of aromatic nitrogens is 1. The minimum absolute atomic E-state index is 0.254. The molecule has 154 valence electrons. The Morgan fingerprint density at radius 2 is 1.83 bits per heavy atom. The van der Waals surface area contributed by atoms with Crippen molar-refractivity contribution in [2.75, 3.05) is 31.6 Å². The van der Waals surface area contributed by atoms with E-state index in [1.807, 2.05) is 30.3 Å². The topological polar surface area (TPSA) is 37.4 Å². The first-order valence-corrected chi connectivity index (χ1v) is 11.2. The highest BCUT2D eigenvalue weighted by atomic mass is 32.2. The Bertz CT molecular complexity index is 1050. The standard InChI is InChI=1S/C24H24FN3OS/c25-21-14-17(20-6-2-3-7-23(20)30-28-11-4-1-5-12-28)8-9-19(21)18-15-22-24(27-16-18)26-10-13-29-22/h2-3,6-9,14-16H,1,4-5,10-13H2,(H,26,27). The molecule has 30 heavy (non-hydrogen) atoms. The molecular formula is C24H24FN3OS. The average Bonchev–Trinajstić information content (AvgIpc) is 2.80. The first kappa shape index (κ1) is 19.4. The maximum atomic E-state index is 15.1. The molecule has 4 nitrogen and oxygen atoms in total. The van der Waals surface area contributed by atoms with Gasteiger partial charge in [-0.15, -0.1) is 0 Å². The number of ether oxygens (including phenoxy) is 1. The Morgan fingerprint density at radius 1 is 0.967 bits per heavy atom. The van der Waals surface area contributed by atoms with Crippen LogP contribution in [0, 0.1) is 5.82 Å². The maximum absolute atomic E-state index is 15.1. The van der Waals surface area contributed by atoms with Crippen LogP contribution in [0.4, 0.5) is 10.2 Å². The van der Waals surface area contributed by atoms with Crippen molar-refractivity contribution in [1.29, 1.82) is 0 Å². The summed E-state index contributed by atoms with van der Waals surface area (Å²) in [6.07, 6.45) is 5.49. The second kappa shape index (κ2) is 8.66. The van der Waals surface area contributed by atoms with E-state index in [0.29, 0.717) is 23.7 Å². The summed E-state index contributed by atoms with van der Waals surface area (Å²) in [5, 5.41) is 3.19. The summed E-state index contributed by atoms with van der Waals surface area (Å²) in [6, 6.07) is 15.6. The molecule has 0 amide bonds. The van der Waals surface area contributed by atoms with Gasteiger partial charge >= 0.3 is 0 Å². The number of anilines is 1. The minimum Gasteiger partial charge on any atom is -0.488 e. The van der Waals surface area contributed by atoms with Gasteiger partial charge in [-0.1, -0.05) is 36.8 Å². The van der Waals surface area contributed by atoms with Crippen molar-refractivity contribution >= 4 is 17.8 Å². The number of hydrogen-bond donors (Lipinski definition) is 1. The summed E-state index contributed by atoms with van der Waals surface area (Å²) >= 11 is 1.79. The molecule has 1 saturated heterocycles. The van der Waals surface area contributed by atoms with E-state index in [9.17, 15) is 0 Å². The number of hydrogen-bond acceptors (Lipinski definition) is 5. The van der Waals surface area contributed by atoms with Gasteiger partial charge in [-0.3, -0.25) is 0 Å². The molecule has 6 heteroatoms. The normalized spacial score (nSPS) is 16.4. The van der Waals surface area contributed by atoms with Gasteiger partial charge in [-0.2, -0.15) is 0 Å². The predicted octanol–water partition coefficient (Wildman–Crippen LogP) is 5.85. The van der Waals surface area contributed by atoms with Gasteiger partial charge in [0.15, 0.2) is 11.6 Å². The van der Waals surface area contributed by atoms with Gasteiger partial charge in [0.2, 0.25) is 0 Å². The molecule has 0 spiro atoms. The van der Waals surface area contributed by atoms with Crippen molar-refractivity contribution in [3.8, 4) is 28.0 Å². The summed E-state index contributed by atoms with van der Waals surface area (Å²) in [5.74, 6) is 1.13. The van der Waals surface area contributed by atoms with E-state index >= 15 is 4.39 Å². The first-order chi connectivity index (χ1) is 14.8. The second-order valence-electron chi connectivity index (χ2n) is 7.62. The number of fused-ring (bicyclic) bond motifs is 1. The molecular weight excluding hydrogens is 397 g/mol. The zero-order valence-corrected chi connectivity index (χ0v) is 17.6. The third-order valence-electron chi connectivity index (χ3n) is 5.53. The SMILES string of the molecule is Fc1cc(-c2ccccc2SN2CCCCC2)ccc1-c1cnc2c(c1)OCCN2. The Kier molecular flexibility index (Phi) is 5.60. The maximum Gasteiger partial charge on any atom is 0.168 e. The zero-order chi connectivity index (χ0) is 20.3. The lowest BCUT2D eigenvalue weighted by molar-refractivity contribution is 0.321. The van der Waals surface area contributed by atoms with Crippen LogP contribution in [0.1, 0.15) is 19.3 Å². The second-order valence-corrected chi connectivity index (χ2v) is 8.76. The fraction of sp³-hybridized carbons (Fsp3) is 0.292. The van der Waals surface area contributed by atoms with E-state index < -0.39 is 0 Å². The summed E-state index contributed by atoms with van der Waals surface area (Å²) in [6.45, 7) is 3.53. The highest BCUT2D eigenvalue weighted by Crippen LogP contribution is 2.37. The number of pyridine rings is 1. The quantitative estimate of drug-likeness (QED) is 0.535. The summed E-state index contributed by atoms with van der Waals surface area (Å²) in [5.41, 5.74) is 3.21. The number of piperidine rings is 1. The molecule has 5 rings (SSSR count). The van der Waals surface area contributed by atoms with Crippen LogP contribution in [0.25, 0.3) is 22.3 Å². The Morgan fingerprint density at radius 3 is 2.70 bits per heavy atom. The van der Waals surface area contributed by atoms with Crippen LogP contribution in [0.3, 0.4) is 0 Å². The van der Waals surface area contributed by atoms with Crippen LogP contribution in [0.15, 0.2) is 59.6 Å². The van der Waals surface area contributed by atoms with Crippen molar-refractivity contribution < 1.29 is 9.13 Å². The van der Waals surface area contributed by atoms with E-state index in [1.165, 1.54) is 24.2 Å².